The van der Waals surface area contributed by atoms with Crippen LogP contribution in [0.15, 0.2) is 18.2 Å². The number of hydrogen-bond donors (Lipinski definition) is 1. The van der Waals surface area contributed by atoms with E-state index in [-0.39, 0.29) is 5.91 Å². The molecule has 2 rings (SSSR count). The molecule has 104 valence electrons. The Bertz CT molecular complexity index is 448. The van der Waals surface area contributed by atoms with E-state index in [1.165, 1.54) is 0 Å². The van der Waals surface area contributed by atoms with Crippen molar-refractivity contribution < 1.29 is 14.3 Å². The highest BCUT2D eigenvalue weighted by Crippen LogP contribution is 2.34. The fraction of sp³-hybridized carbons (Fsp3) is 0.500. The normalized spacial score (nSPS) is 13.4. The Labute approximate surface area is 113 Å². The largest absolute Gasteiger partial charge is 0.486 e. The van der Waals surface area contributed by atoms with E-state index in [2.05, 4.69) is 10.2 Å². The highest BCUT2D eigenvalue weighted by molar-refractivity contribution is 5.77. The lowest BCUT2D eigenvalue weighted by molar-refractivity contribution is -0.121. The topological polar surface area (TPSA) is 50.8 Å². The van der Waals surface area contributed by atoms with E-state index in [0.29, 0.717) is 26.3 Å². The summed E-state index contributed by atoms with van der Waals surface area (Å²) < 4.78 is 11.2. The summed E-state index contributed by atoms with van der Waals surface area (Å²) in [7, 11) is 1.65. The van der Waals surface area contributed by atoms with Crippen molar-refractivity contribution in [2.75, 3.05) is 33.4 Å². The molecule has 0 spiro atoms. The summed E-state index contributed by atoms with van der Waals surface area (Å²) >= 11 is 0. The van der Waals surface area contributed by atoms with Gasteiger partial charge in [0.25, 0.3) is 0 Å². The van der Waals surface area contributed by atoms with Gasteiger partial charge in [0.05, 0.1) is 6.54 Å². The van der Waals surface area contributed by atoms with Crippen LogP contribution in [0.5, 0.6) is 11.5 Å². The minimum Gasteiger partial charge on any atom is -0.486 e. The number of benzene rings is 1. The first-order chi connectivity index (χ1) is 9.24. The average molecular weight is 264 g/mol. The van der Waals surface area contributed by atoms with Crippen molar-refractivity contribution in [2.24, 2.45) is 0 Å². The van der Waals surface area contributed by atoms with Crippen LogP contribution in [0.3, 0.4) is 0 Å². The minimum atomic E-state index is 0.0174. The Morgan fingerprint density at radius 2 is 2.16 bits per heavy atom. The number of ether oxygens (including phenoxy) is 2. The minimum absolute atomic E-state index is 0.0174. The molecule has 0 saturated carbocycles. The van der Waals surface area contributed by atoms with Crippen molar-refractivity contribution in [3.8, 4) is 11.5 Å². The third kappa shape index (κ3) is 3.38. The molecule has 1 aliphatic rings. The molecule has 0 aromatic heterocycles. The Morgan fingerprint density at radius 1 is 1.37 bits per heavy atom. The summed E-state index contributed by atoms with van der Waals surface area (Å²) in [6.45, 7) is 5.07. The third-order valence-corrected chi connectivity index (χ3v) is 3.13. The molecule has 1 amide bonds. The molecule has 0 unspecified atom stereocenters. The number of rotatable bonds is 5. The van der Waals surface area contributed by atoms with E-state index in [4.69, 9.17) is 9.47 Å². The predicted molar refractivity (Wildman–Crippen MR) is 72.4 cm³/mol. The van der Waals surface area contributed by atoms with Gasteiger partial charge in [-0.1, -0.05) is 19.1 Å². The second kappa shape index (κ2) is 6.43. The molecule has 5 heteroatoms. The average Bonchev–Trinajstić information content (AvgIpc) is 2.46. The highest BCUT2D eigenvalue weighted by Gasteiger charge is 2.17. The van der Waals surface area contributed by atoms with Crippen LogP contribution in [-0.4, -0.2) is 44.2 Å². The van der Waals surface area contributed by atoms with Gasteiger partial charge in [-0.2, -0.15) is 0 Å². The Hall–Kier alpha value is -1.75. The maximum atomic E-state index is 11.5. The van der Waals surface area contributed by atoms with Gasteiger partial charge in [0.1, 0.15) is 13.2 Å². The van der Waals surface area contributed by atoms with Gasteiger partial charge in [0.2, 0.25) is 5.91 Å². The van der Waals surface area contributed by atoms with Crippen LogP contribution in [0.4, 0.5) is 0 Å². The lowest BCUT2D eigenvalue weighted by atomic mass is 10.1. The van der Waals surface area contributed by atoms with Gasteiger partial charge in [-0.05, 0) is 12.6 Å². The van der Waals surface area contributed by atoms with Crippen molar-refractivity contribution in [1.29, 1.82) is 0 Å². The zero-order valence-corrected chi connectivity index (χ0v) is 11.4. The standard InChI is InChI=1S/C14H20N2O3/c1-3-16(10-13(17)15-2)9-11-5-4-6-12-14(11)19-8-7-18-12/h4-6H,3,7-10H2,1-2H3,(H,15,17). The Kier molecular flexibility index (Phi) is 4.63. The maximum absolute atomic E-state index is 11.5. The van der Waals surface area contributed by atoms with Crippen molar-refractivity contribution in [1.82, 2.24) is 10.2 Å². The van der Waals surface area contributed by atoms with E-state index in [1.807, 2.05) is 25.1 Å². The highest BCUT2D eigenvalue weighted by atomic mass is 16.6. The molecule has 19 heavy (non-hydrogen) atoms. The molecular weight excluding hydrogens is 244 g/mol. The molecule has 1 aliphatic heterocycles. The first kappa shape index (κ1) is 13.7. The zero-order valence-electron chi connectivity index (χ0n) is 11.4. The van der Waals surface area contributed by atoms with Gasteiger partial charge < -0.3 is 14.8 Å². The van der Waals surface area contributed by atoms with Crippen molar-refractivity contribution in [3.05, 3.63) is 23.8 Å². The molecule has 5 nitrogen and oxygen atoms in total. The first-order valence-electron chi connectivity index (χ1n) is 6.55. The SMILES string of the molecule is CCN(CC(=O)NC)Cc1cccc2c1OCCO2. The molecule has 0 radical (unpaired) electrons. The van der Waals surface area contributed by atoms with Crippen LogP contribution in [0, 0.1) is 0 Å². The lowest BCUT2D eigenvalue weighted by Crippen LogP contribution is -2.35. The first-order valence-corrected chi connectivity index (χ1v) is 6.55. The molecule has 0 bridgehead atoms. The molecule has 0 atom stereocenters. The smallest absolute Gasteiger partial charge is 0.233 e. The van der Waals surface area contributed by atoms with Gasteiger partial charge in [0.15, 0.2) is 11.5 Å². The molecule has 1 aromatic carbocycles. The molecule has 1 N–H and O–H groups in total. The summed E-state index contributed by atoms with van der Waals surface area (Å²) in [6.07, 6.45) is 0. The quantitative estimate of drug-likeness (QED) is 0.863. The molecule has 1 aromatic rings. The molecule has 1 heterocycles. The third-order valence-electron chi connectivity index (χ3n) is 3.13. The van der Waals surface area contributed by atoms with Gasteiger partial charge in [0, 0.05) is 19.2 Å². The van der Waals surface area contributed by atoms with E-state index < -0.39 is 0 Å². The van der Waals surface area contributed by atoms with Crippen molar-refractivity contribution in [3.63, 3.8) is 0 Å². The lowest BCUT2D eigenvalue weighted by Gasteiger charge is -2.24. The summed E-state index contributed by atoms with van der Waals surface area (Å²) in [6, 6.07) is 5.88. The second-order valence-electron chi connectivity index (χ2n) is 4.42. The number of carbonyl (C=O) groups excluding carboxylic acids is 1. The van der Waals surface area contributed by atoms with Gasteiger partial charge in [-0.25, -0.2) is 0 Å². The fourth-order valence-electron chi connectivity index (χ4n) is 2.06. The van der Waals surface area contributed by atoms with E-state index in [0.717, 1.165) is 23.6 Å². The summed E-state index contributed by atoms with van der Waals surface area (Å²) in [4.78, 5) is 13.5. The van der Waals surface area contributed by atoms with Crippen LogP contribution in [0.2, 0.25) is 0 Å². The molecule has 0 fully saturated rings. The summed E-state index contributed by atoms with van der Waals surface area (Å²) in [5, 5.41) is 2.64. The molecule has 0 aliphatic carbocycles. The zero-order chi connectivity index (χ0) is 13.7. The van der Waals surface area contributed by atoms with Gasteiger partial charge >= 0.3 is 0 Å². The number of fused-ring (bicyclic) bond motifs is 1. The van der Waals surface area contributed by atoms with E-state index >= 15 is 0 Å². The van der Waals surface area contributed by atoms with Crippen LogP contribution >= 0.6 is 0 Å². The number of nitrogens with zero attached hydrogens (tertiary/aromatic N) is 1. The van der Waals surface area contributed by atoms with Crippen molar-refractivity contribution >= 4 is 5.91 Å². The number of hydrogen-bond acceptors (Lipinski definition) is 4. The second-order valence-corrected chi connectivity index (χ2v) is 4.42. The van der Waals surface area contributed by atoms with Crippen LogP contribution in [0.1, 0.15) is 12.5 Å². The number of para-hydroxylation sites is 1. The number of nitrogens with one attached hydrogen (secondary N) is 1. The van der Waals surface area contributed by atoms with Gasteiger partial charge in [-0.3, -0.25) is 9.69 Å². The van der Waals surface area contributed by atoms with Gasteiger partial charge in [-0.15, -0.1) is 0 Å². The van der Waals surface area contributed by atoms with Crippen LogP contribution in [0.25, 0.3) is 0 Å². The molecule has 0 saturated heterocycles. The fourth-order valence-corrected chi connectivity index (χ4v) is 2.06. The number of amides is 1. The number of carbonyl (C=O) groups is 1. The summed E-state index contributed by atoms with van der Waals surface area (Å²) in [5.74, 6) is 1.62. The van der Waals surface area contributed by atoms with Crippen LogP contribution < -0.4 is 14.8 Å². The Balaban J connectivity index is 2.11. The van der Waals surface area contributed by atoms with E-state index in [1.54, 1.807) is 7.05 Å². The van der Waals surface area contributed by atoms with E-state index in [9.17, 15) is 4.79 Å². The monoisotopic (exact) mass is 264 g/mol. The maximum Gasteiger partial charge on any atom is 0.233 e. The predicted octanol–water partition coefficient (Wildman–Crippen LogP) is 1.03. The van der Waals surface area contributed by atoms with Crippen LogP contribution in [-0.2, 0) is 11.3 Å². The molecular formula is C14H20N2O3. The Morgan fingerprint density at radius 3 is 2.89 bits per heavy atom. The van der Waals surface area contributed by atoms with Crippen molar-refractivity contribution in [2.45, 2.75) is 13.5 Å². The summed E-state index contributed by atoms with van der Waals surface area (Å²) in [5.41, 5.74) is 1.06. The number of likely N-dealkylation sites (N-methyl/N-ethyl adjacent to an activating group) is 2.